The van der Waals surface area contributed by atoms with Crippen molar-refractivity contribution >= 4 is 27.7 Å². The number of carbonyl (C=O) groups is 1. The number of nitrogens with one attached hydrogen (secondary N) is 1. The Bertz CT molecular complexity index is 703. The van der Waals surface area contributed by atoms with E-state index in [1.807, 2.05) is 6.07 Å². The Morgan fingerprint density at radius 1 is 1.48 bits per heavy atom. The molecule has 3 rings (SSSR count). The van der Waals surface area contributed by atoms with Gasteiger partial charge in [0.1, 0.15) is 11.6 Å². The third-order valence-electron chi connectivity index (χ3n) is 3.34. The van der Waals surface area contributed by atoms with Gasteiger partial charge in [0.15, 0.2) is 0 Å². The number of benzene rings is 1. The average Bonchev–Trinajstić information content (AvgIpc) is 2.93. The molecule has 6 heteroatoms. The monoisotopic (exact) mass is 347 g/mol. The first kappa shape index (κ1) is 13.9. The minimum Gasteiger partial charge on any atom is -0.493 e. The second kappa shape index (κ2) is 5.73. The number of halogens is 1. The van der Waals surface area contributed by atoms with Gasteiger partial charge in [-0.05, 0) is 29.8 Å². The summed E-state index contributed by atoms with van der Waals surface area (Å²) in [6, 6.07) is 7.41. The van der Waals surface area contributed by atoms with E-state index in [9.17, 15) is 4.79 Å². The van der Waals surface area contributed by atoms with Crippen molar-refractivity contribution in [1.82, 2.24) is 4.98 Å². The van der Waals surface area contributed by atoms with E-state index in [4.69, 9.17) is 10.5 Å². The smallest absolute Gasteiger partial charge is 0.252 e. The Labute approximate surface area is 130 Å². The molecule has 2 aromatic rings. The largest absolute Gasteiger partial charge is 0.493 e. The van der Waals surface area contributed by atoms with Gasteiger partial charge in [0.25, 0.3) is 5.91 Å². The van der Waals surface area contributed by atoms with Gasteiger partial charge in [-0.3, -0.25) is 4.79 Å². The number of primary amides is 1. The van der Waals surface area contributed by atoms with Crippen molar-refractivity contribution < 1.29 is 9.53 Å². The summed E-state index contributed by atoms with van der Waals surface area (Å²) < 4.78 is 6.69. The highest BCUT2D eigenvalue weighted by Gasteiger charge is 2.18. The lowest BCUT2D eigenvalue weighted by Gasteiger charge is -2.12. The van der Waals surface area contributed by atoms with Gasteiger partial charge in [0.2, 0.25) is 0 Å². The van der Waals surface area contributed by atoms with Crippen LogP contribution in [0.15, 0.2) is 34.9 Å². The minimum atomic E-state index is -0.499. The fourth-order valence-electron chi connectivity index (χ4n) is 2.40. The molecule has 0 atom stereocenters. The number of ether oxygens (including phenoxy) is 1. The van der Waals surface area contributed by atoms with E-state index in [-0.39, 0.29) is 0 Å². The predicted octanol–water partition coefficient (Wildman–Crippen LogP) is 2.49. The van der Waals surface area contributed by atoms with Crippen LogP contribution in [0.1, 0.15) is 21.5 Å². The molecule has 21 heavy (non-hydrogen) atoms. The Morgan fingerprint density at radius 3 is 3.14 bits per heavy atom. The molecule has 1 aliphatic rings. The van der Waals surface area contributed by atoms with E-state index in [2.05, 4.69) is 32.3 Å². The third-order valence-corrected chi connectivity index (χ3v) is 3.80. The molecule has 0 aliphatic carbocycles. The van der Waals surface area contributed by atoms with Gasteiger partial charge < -0.3 is 15.8 Å². The number of amides is 1. The van der Waals surface area contributed by atoms with Gasteiger partial charge >= 0.3 is 0 Å². The lowest BCUT2D eigenvalue weighted by atomic mass is 10.1. The molecular formula is C15H14BrN3O2. The fourth-order valence-corrected chi connectivity index (χ4v) is 2.95. The number of nitrogens with two attached hydrogens (primary N) is 1. The zero-order valence-corrected chi connectivity index (χ0v) is 12.8. The summed E-state index contributed by atoms with van der Waals surface area (Å²) in [6.45, 7) is 1.22. The lowest BCUT2D eigenvalue weighted by molar-refractivity contribution is 0.100. The van der Waals surface area contributed by atoms with Crippen LogP contribution in [0.4, 0.5) is 5.82 Å². The Kier molecular flexibility index (Phi) is 3.79. The van der Waals surface area contributed by atoms with Crippen LogP contribution in [0.3, 0.4) is 0 Å². The highest BCUT2D eigenvalue weighted by atomic mass is 79.9. The Morgan fingerprint density at radius 2 is 2.33 bits per heavy atom. The average molecular weight is 348 g/mol. The number of carbonyl (C=O) groups excluding carboxylic acids is 1. The maximum absolute atomic E-state index is 11.4. The lowest BCUT2D eigenvalue weighted by Crippen LogP contribution is -2.15. The van der Waals surface area contributed by atoms with Crippen molar-refractivity contribution in [3.63, 3.8) is 0 Å². The van der Waals surface area contributed by atoms with Crippen LogP contribution in [-0.4, -0.2) is 17.5 Å². The van der Waals surface area contributed by atoms with Crippen molar-refractivity contribution in [2.75, 3.05) is 11.9 Å². The molecule has 3 N–H and O–H groups in total. The van der Waals surface area contributed by atoms with Crippen LogP contribution in [0.5, 0.6) is 5.75 Å². The molecule has 0 radical (unpaired) electrons. The van der Waals surface area contributed by atoms with Crippen LogP contribution in [0.25, 0.3) is 0 Å². The number of aromatic nitrogens is 1. The van der Waals surface area contributed by atoms with Gasteiger partial charge in [0, 0.05) is 29.2 Å². The summed E-state index contributed by atoms with van der Waals surface area (Å²) in [7, 11) is 0. The number of rotatable bonds is 4. The number of nitrogens with zero attached hydrogens (tertiary/aromatic N) is 1. The third kappa shape index (κ3) is 2.85. The quantitative estimate of drug-likeness (QED) is 0.890. The number of hydrogen-bond acceptors (Lipinski definition) is 4. The normalized spacial score (nSPS) is 12.6. The maximum atomic E-state index is 11.4. The van der Waals surface area contributed by atoms with Gasteiger partial charge in [-0.1, -0.05) is 15.9 Å². The van der Waals surface area contributed by atoms with Crippen LogP contribution >= 0.6 is 15.9 Å². The Hall–Kier alpha value is -2.08. The first-order valence-corrected chi connectivity index (χ1v) is 7.37. The van der Waals surface area contributed by atoms with Gasteiger partial charge in [-0.15, -0.1) is 0 Å². The molecular weight excluding hydrogens is 334 g/mol. The molecule has 0 fully saturated rings. The maximum Gasteiger partial charge on any atom is 0.252 e. The van der Waals surface area contributed by atoms with E-state index in [1.165, 1.54) is 5.56 Å². The molecule has 2 heterocycles. The van der Waals surface area contributed by atoms with E-state index < -0.39 is 5.91 Å². The zero-order chi connectivity index (χ0) is 14.8. The summed E-state index contributed by atoms with van der Waals surface area (Å²) in [4.78, 5) is 15.6. The molecule has 0 saturated heterocycles. The number of fused-ring (bicyclic) bond motifs is 1. The van der Waals surface area contributed by atoms with E-state index in [0.29, 0.717) is 24.5 Å². The molecule has 0 saturated carbocycles. The zero-order valence-electron chi connectivity index (χ0n) is 11.2. The van der Waals surface area contributed by atoms with Crippen LogP contribution in [-0.2, 0) is 13.0 Å². The highest BCUT2D eigenvalue weighted by molar-refractivity contribution is 9.10. The van der Waals surface area contributed by atoms with Crippen molar-refractivity contribution in [2.45, 2.75) is 13.0 Å². The number of anilines is 1. The van der Waals surface area contributed by atoms with Crippen LogP contribution in [0, 0.1) is 0 Å². The summed E-state index contributed by atoms with van der Waals surface area (Å²) in [5.74, 6) is 0.903. The molecule has 5 nitrogen and oxygen atoms in total. The fraction of sp³-hybridized carbons (Fsp3) is 0.200. The SMILES string of the molecule is NC(=O)c1cccnc1NCc1cc(Br)cc2c1OCC2. The summed E-state index contributed by atoms with van der Waals surface area (Å²) >= 11 is 3.51. The number of hydrogen-bond donors (Lipinski definition) is 2. The second-order valence-electron chi connectivity index (χ2n) is 4.77. The van der Waals surface area contributed by atoms with Crippen molar-refractivity contribution in [1.29, 1.82) is 0 Å². The summed E-state index contributed by atoms with van der Waals surface area (Å²) in [6.07, 6.45) is 2.54. The molecule has 0 bridgehead atoms. The minimum absolute atomic E-state index is 0.380. The van der Waals surface area contributed by atoms with Crippen molar-refractivity contribution in [2.24, 2.45) is 5.73 Å². The molecule has 1 aromatic carbocycles. The molecule has 108 valence electrons. The van der Waals surface area contributed by atoms with E-state index >= 15 is 0 Å². The second-order valence-corrected chi connectivity index (χ2v) is 5.68. The summed E-state index contributed by atoms with van der Waals surface area (Å²) in [5, 5.41) is 3.16. The molecule has 1 aliphatic heterocycles. The molecule has 0 spiro atoms. The van der Waals surface area contributed by atoms with Crippen LogP contribution < -0.4 is 15.8 Å². The first-order valence-electron chi connectivity index (χ1n) is 6.58. The van der Waals surface area contributed by atoms with Crippen molar-refractivity contribution in [3.05, 3.63) is 51.6 Å². The number of pyridine rings is 1. The van der Waals surface area contributed by atoms with Gasteiger partial charge in [0.05, 0.1) is 12.2 Å². The van der Waals surface area contributed by atoms with Gasteiger partial charge in [-0.2, -0.15) is 0 Å². The molecule has 0 unspecified atom stereocenters. The van der Waals surface area contributed by atoms with E-state index in [0.717, 1.165) is 22.2 Å². The highest BCUT2D eigenvalue weighted by Crippen LogP contribution is 2.33. The van der Waals surface area contributed by atoms with E-state index in [1.54, 1.807) is 18.3 Å². The van der Waals surface area contributed by atoms with Crippen LogP contribution in [0.2, 0.25) is 0 Å². The standard InChI is InChI=1S/C15H14BrN3O2/c16-11-6-9-3-5-21-13(9)10(7-11)8-19-15-12(14(17)20)2-1-4-18-15/h1-2,4,6-7H,3,5,8H2,(H2,17,20)(H,18,19). The van der Waals surface area contributed by atoms with Gasteiger partial charge in [-0.25, -0.2) is 4.98 Å². The molecule has 1 aromatic heterocycles. The topological polar surface area (TPSA) is 77.2 Å². The molecule has 1 amide bonds. The summed E-state index contributed by atoms with van der Waals surface area (Å²) in [5.41, 5.74) is 7.94. The first-order chi connectivity index (χ1) is 10.1. The predicted molar refractivity (Wildman–Crippen MR) is 83.4 cm³/mol. The van der Waals surface area contributed by atoms with Crippen molar-refractivity contribution in [3.8, 4) is 5.75 Å². The Balaban J connectivity index is 1.85.